The summed E-state index contributed by atoms with van der Waals surface area (Å²) < 4.78 is 19.8. The van der Waals surface area contributed by atoms with Gasteiger partial charge in [0.2, 0.25) is 5.88 Å². The smallest absolute Gasteiger partial charge is 0.326 e. The van der Waals surface area contributed by atoms with E-state index in [2.05, 4.69) is 15.5 Å². The zero-order chi connectivity index (χ0) is 22.4. The van der Waals surface area contributed by atoms with Crippen LogP contribution in [0.25, 0.3) is 10.9 Å². The van der Waals surface area contributed by atoms with E-state index in [0.717, 1.165) is 6.07 Å². The second-order valence-corrected chi connectivity index (χ2v) is 6.34. The lowest BCUT2D eigenvalue weighted by Crippen LogP contribution is -2.29. The van der Waals surface area contributed by atoms with Gasteiger partial charge in [-0.15, -0.1) is 10.2 Å². The maximum absolute atomic E-state index is 13.6. The first-order chi connectivity index (χ1) is 14.9. The first-order valence-corrected chi connectivity index (χ1v) is 9.35. The summed E-state index contributed by atoms with van der Waals surface area (Å²) in [4.78, 5) is 35.8. The number of amides is 2. The largest absolute Gasteiger partial charge is 0.493 e. The number of aromatic nitrogens is 1. The van der Waals surface area contributed by atoms with E-state index in [0.29, 0.717) is 10.9 Å². The SMILES string of the molecule is CCOC(=O)Cn1c(O)c(N=NC(=O)CNC(=O)c2ccccc2F)c2ccccc21. The maximum Gasteiger partial charge on any atom is 0.326 e. The van der Waals surface area contributed by atoms with Crippen molar-refractivity contribution in [1.82, 2.24) is 9.88 Å². The fourth-order valence-corrected chi connectivity index (χ4v) is 2.90. The number of carbonyl (C=O) groups is 3. The summed E-state index contributed by atoms with van der Waals surface area (Å²) in [5, 5.41) is 20.6. The molecule has 0 aliphatic carbocycles. The van der Waals surface area contributed by atoms with E-state index in [4.69, 9.17) is 4.74 Å². The second-order valence-electron chi connectivity index (χ2n) is 6.34. The van der Waals surface area contributed by atoms with Gasteiger partial charge in [-0.1, -0.05) is 30.3 Å². The minimum absolute atomic E-state index is 0.00585. The summed E-state index contributed by atoms with van der Waals surface area (Å²) in [6.07, 6.45) is 0. The van der Waals surface area contributed by atoms with Crippen LogP contribution in [-0.2, 0) is 20.9 Å². The van der Waals surface area contributed by atoms with Crippen molar-refractivity contribution in [2.24, 2.45) is 10.2 Å². The second kappa shape index (κ2) is 9.61. The molecule has 10 heteroatoms. The molecule has 0 bridgehead atoms. The molecule has 0 spiro atoms. The molecular formula is C21H19FN4O5. The molecule has 160 valence electrons. The molecule has 0 radical (unpaired) electrons. The van der Waals surface area contributed by atoms with Crippen LogP contribution in [0.5, 0.6) is 5.88 Å². The van der Waals surface area contributed by atoms with Crippen molar-refractivity contribution < 1.29 is 28.6 Å². The molecule has 31 heavy (non-hydrogen) atoms. The van der Waals surface area contributed by atoms with E-state index in [1.165, 1.54) is 22.8 Å². The Morgan fingerprint density at radius 1 is 1.13 bits per heavy atom. The summed E-state index contributed by atoms with van der Waals surface area (Å²) in [6, 6.07) is 12.1. The first-order valence-electron chi connectivity index (χ1n) is 9.35. The molecule has 0 aliphatic rings. The standard InChI is InChI=1S/C21H19FN4O5/c1-2-31-18(28)12-26-16-10-6-4-8-14(16)19(21(26)30)25-24-17(27)11-23-20(29)13-7-3-5-9-15(13)22/h3-10,30H,2,11-12H2,1H3,(H,23,29). The summed E-state index contributed by atoms with van der Waals surface area (Å²) in [7, 11) is 0. The lowest BCUT2D eigenvalue weighted by Gasteiger charge is -2.06. The number of rotatable bonds is 7. The Labute approximate surface area is 176 Å². The van der Waals surface area contributed by atoms with E-state index >= 15 is 0 Å². The van der Waals surface area contributed by atoms with Gasteiger partial charge in [-0.2, -0.15) is 0 Å². The van der Waals surface area contributed by atoms with Gasteiger partial charge < -0.3 is 15.2 Å². The number of fused-ring (bicyclic) bond motifs is 1. The van der Waals surface area contributed by atoms with E-state index in [9.17, 15) is 23.9 Å². The lowest BCUT2D eigenvalue weighted by atomic mass is 10.2. The Morgan fingerprint density at radius 3 is 2.58 bits per heavy atom. The Hall–Kier alpha value is -4.08. The molecule has 0 saturated carbocycles. The van der Waals surface area contributed by atoms with Gasteiger partial charge in [0.25, 0.3) is 11.8 Å². The minimum atomic E-state index is -0.814. The molecule has 0 unspecified atom stereocenters. The Morgan fingerprint density at radius 2 is 1.84 bits per heavy atom. The molecule has 0 aliphatic heterocycles. The number of halogens is 1. The number of ether oxygens (including phenoxy) is 1. The average Bonchev–Trinajstić information content (AvgIpc) is 3.02. The van der Waals surface area contributed by atoms with Gasteiger partial charge in [0.1, 0.15) is 18.9 Å². The molecule has 3 rings (SSSR count). The number of esters is 1. The third kappa shape index (κ3) is 4.92. The number of aromatic hydroxyl groups is 1. The molecule has 2 aromatic carbocycles. The van der Waals surface area contributed by atoms with Gasteiger partial charge in [0.15, 0.2) is 5.69 Å². The fraction of sp³-hybridized carbons (Fsp3) is 0.190. The molecule has 0 fully saturated rings. The summed E-state index contributed by atoms with van der Waals surface area (Å²) >= 11 is 0. The van der Waals surface area contributed by atoms with Crippen LogP contribution in [0.3, 0.4) is 0 Å². The Bertz CT molecular complexity index is 1170. The van der Waals surface area contributed by atoms with E-state index in [1.54, 1.807) is 31.2 Å². The highest BCUT2D eigenvalue weighted by atomic mass is 19.1. The predicted octanol–water partition coefficient (Wildman–Crippen LogP) is 3.09. The van der Waals surface area contributed by atoms with Crippen molar-refractivity contribution in [2.45, 2.75) is 13.5 Å². The number of nitrogens with one attached hydrogen (secondary N) is 1. The zero-order valence-electron chi connectivity index (χ0n) is 16.5. The molecule has 3 aromatic rings. The van der Waals surface area contributed by atoms with Gasteiger partial charge in [-0.25, -0.2) is 4.39 Å². The highest BCUT2D eigenvalue weighted by Gasteiger charge is 2.19. The molecule has 0 saturated heterocycles. The number of nitrogens with zero attached hydrogens (tertiary/aromatic N) is 3. The highest BCUT2D eigenvalue weighted by molar-refractivity contribution is 5.97. The maximum atomic E-state index is 13.6. The predicted molar refractivity (Wildman–Crippen MR) is 108 cm³/mol. The van der Waals surface area contributed by atoms with Crippen LogP contribution in [0.1, 0.15) is 17.3 Å². The van der Waals surface area contributed by atoms with Crippen LogP contribution in [-0.4, -0.2) is 40.6 Å². The number of hydrogen-bond donors (Lipinski definition) is 2. The first kappa shape index (κ1) is 21.6. The van der Waals surface area contributed by atoms with Gasteiger partial charge in [0, 0.05) is 5.39 Å². The fourth-order valence-electron chi connectivity index (χ4n) is 2.90. The van der Waals surface area contributed by atoms with Crippen molar-refractivity contribution in [3.8, 4) is 5.88 Å². The summed E-state index contributed by atoms with van der Waals surface area (Å²) in [5.41, 5.74) is 0.294. The third-order valence-corrected chi connectivity index (χ3v) is 4.29. The van der Waals surface area contributed by atoms with Crippen LogP contribution >= 0.6 is 0 Å². The average molecular weight is 426 g/mol. The van der Waals surface area contributed by atoms with Crippen LogP contribution < -0.4 is 5.32 Å². The van der Waals surface area contributed by atoms with Gasteiger partial charge >= 0.3 is 5.97 Å². The zero-order valence-corrected chi connectivity index (χ0v) is 16.5. The molecule has 0 atom stereocenters. The molecule has 9 nitrogen and oxygen atoms in total. The number of hydrogen-bond acceptors (Lipinski definition) is 6. The minimum Gasteiger partial charge on any atom is -0.493 e. The van der Waals surface area contributed by atoms with Crippen molar-refractivity contribution in [3.63, 3.8) is 0 Å². The van der Waals surface area contributed by atoms with Crippen molar-refractivity contribution in [3.05, 3.63) is 59.9 Å². The van der Waals surface area contributed by atoms with Crippen LogP contribution in [0.4, 0.5) is 10.1 Å². The van der Waals surface area contributed by atoms with Crippen LogP contribution in [0.2, 0.25) is 0 Å². The quantitative estimate of drug-likeness (QED) is 0.444. The normalized spacial score (nSPS) is 11.0. The molecular weight excluding hydrogens is 407 g/mol. The molecule has 2 N–H and O–H groups in total. The number of carbonyl (C=O) groups excluding carboxylic acids is 3. The highest BCUT2D eigenvalue weighted by Crippen LogP contribution is 2.38. The van der Waals surface area contributed by atoms with Gasteiger partial charge in [-0.3, -0.25) is 19.0 Å². The summed E-state index contributed by atoms with van der Waals surface area (Å²) in [5.74, 6) is -3.20. The number of azo groups is 1. The van der Waals surface area contributed by atoms with E-state index in [1.807, 2.05) is 0 Å². The van der Waals surface area contributed by atoms with Crippen molar-refractivity contribution >= 4 is 34.4 Å². The van der Waals surface area contributed by atoms with Crippen LogP contribution in [0, 0.1) is 5.82 Å². The molecule has 1 aromatic heterocycles. The van der Waals surface area contributed by atoms with Gasteiger partial charge in [0.05, 0.1) is 17.7 Å². The third-order valence-electron chi connectivity index (χ3n) is 4.29. The summed E-state index contributed by atoms with van der Waals surface area (Å²) in [6.45, 7) is 1.10. The topological polar surface area (TPSA) is 122 Å². The lowest BCUT2D eigenvalue weighted by molar-refractivity contribution is -0.143. The Balaban J connectivity index is 1.75. The number of benzene rings is 2. The number of para-hydroxylation sites is 1. The molecule has 2 amide bonds. The van der Waals surface area contributed by atoms with E-state index in [-0.39, 0.29) is 30.3 Å². The van der Waals surface area contributed by atoms with E-state index < -0.39 is 30.1 Å². The Kier molecular flexibility index (Phi) is 6.71. The monoisotopic (exact) mass is 426 g/mol. The van der Waals surface area contributed by atoms with Crippen LogP contribution in [0.15, 0.2) is 58.8 Å². The molecule has 1 heterocycles. The van der Waals surface area contributed by atoms with Crippen molar-refractivity contribution in [1.29, 1.82) is 0 Å². The van der Waals surface area contributed by atoms with Crippen molar-refractivity contribution in [2.75, 3.05) is 13.2 Å². The van der Waals surface area contributed by atoms with Gasteiger partial charge in [-0.05, 0) is 25.1 Å².